The average molecular weight is 329 g/mol. The van der Waals surface area contributed by atoms with E-state index in [4.69, 9.17) is 5.73 Å². The fourth-order valence-corrected chi connectivity index (χ4v) is 3.05. The van der Waals surface area contributed by atoms with Gasteiger partial charge < -0.3 is 10.6 Å². The van der Waals surface area contributed by atoms with Crippen molar-refractivity contribution in [2.24, 2.45) is 10.7 Å². The van der Waals surface area contributed by atoms with Gasteiger partial charge in [0.15, 0.2) is 5.96 Å². The number of hydrogen-bond acceptors (Lipinski definition) is 2. The summed E-state index contributed by atoms with van der Waals surface area (Å²) >= 11 is 1.61. The number of guanidine groups is 1. The summed E-state index contributed by atoms with van der Waals surface area (Å²) in [6.07, 6.45) is 2.42. The van der Waals surface area contributed by atoms with Crippen molar-refractivity contribution in [2.75, 3.05) is 7.05 Å². The molecule has 0 aromatic heterocycles. The number of aliphatic imine (C=N–C) groups is 1. The molecule has 0 bridgehead atoms. The van der Waals surface area contributed by atoms with Gasteiger partial charge in [-0.1, -0.05) is 23.9 Å². The number of rotatable bonds is 5. The molecule has 3 nitrogen and oxygen atoms in total. The first-order valence-corrected chi connectivity index (χ1v) is 8.48. The van der Waals surface area contributed by atoms with Crippen molar-refractivity contribution in [3.05, 3.63) is 59.9 Å². The van der Waals surface area contributed by atoms with E-state index in [1.54, 1.807) is 23.9 Å². The van der Waals surface area contributed by atoms with Crippen LogP contribution in [0.15, 0.2) is 63.3 Å². The van der Waals surface area contributed by atoms with Crippen LogP contribution in [0.4, 0.5) is 4.39 Å². The average Bonchev–Trinajstić information content (AvgIpc) is 3.40. The van der Waals surface area contributed by atoms with Crippen LogP contribution < -0.4 is 5.73 Å². The van der Waals surface area contributed by atoms with Crippen LogP contribution in [-0.4, -0.2) is 23.9 Å². The lowest BCUT2D eigenvalue weighted by atomic mass is 10.2. The van der Waals surface area contributed by atoms with E-state index in [2.05, 4.69) is 34.2 Å². The van der Waals surface area contributed by atoms with Crippen molar-refractivity contribution in [1.29, 1.82) is 0 Å². The number of nitrogens with zero attached hydrogens (tertiary/aromatic N) is 2. The summed E-state index contributed by atoms with van der Waals surface area (Å²) in [7, 11) is 2.00. The Morgan fingerprint density at radius 3 is 2.26 bits per heavy atom. The fraction of sp³-hybridized carbons (Fsp3) is 0.278. The molecule has 5 heteroatoms. The minimum Gasteiger partial charge on any atom is -0.370 e. The third kappa shape index (κ3) is 4.48. The highest BCUT2D eigenvalue weighted by molar-refractivity contribution is 7.99. The summed E-state index contributed by atoms with van der Waals surface area (Å²) in [5, 5.41) is 0. The molecule has 0 amide bonds. The number of nitrogens with two attached hydrogens (primary N) is 1. The van der Waals surface area contributed by atoms with Gasteiger partial charge in [0.2, 0.25) is 0 Å². The predicted octanol–water partition coefficient (Wildman–Crippen LogP) is 3.89. The minimum atomic E-state index is -0.212. The Kier molecular flexibility index (Phi) is 4.86. The molecule has 120 valence electrons. The second kappa shape index (κ2) is 7.04. The van der Waals surface area contributed by atoms with Crippen molar-refractivity contribution >= 4 is 17.7 Å². The molecular weight excluding hydrogens is 309 g/mol. The molecule has 0 saturated heterocycles. The van der Waals surface area contributed by atoms with Gasteiger partial charge in [0, 0.05) is 22.9 Å². The monoisotopic (exact) mass is 329 g/mol. The smallest absolute Gasteiger partial charge is 0.191 e. The summed E-state index contributed by atoms with van der Waals surface area (Å²) in [4.78, 5) is 8.64. The quantitative estimate of drug-likeness (QED) is 0.668. The molecule has 0 atom stereocenters. The second-order valence-corrected chi connectivity index (χ2v) is 6.86. The van der Waals surface area contributed by atoms with Crippen LogP contribution in [0.3, 0.4) is 0 Å². The highest BCUT2D eigenvalue weighted by Gasteiger charge is 2.27. The van der Waals surface area contributed by atoms with Crippen LogP contribution in [0.2, 0.25) is 0 Å². The molecule has 23 heavy (non-hydrogen) atoms. The number of benzene rings is 2. The van der Waals surface area contributed by atoms with Gasteiger partial charge in [0.05, 0.1) is 6.54 Å². The minimum absolute atomic E-state index is 0.212. The van der Waals surface area contributed by atoms with E-state index in [0.29, 0.717) is 18.5 Å². The van der Waals surface area contributed by atoms with Gasteiger partial charge in [-0.05, 0) is 54.8 Å². The molecule has 0 aliphatic heterocycles. The first kappa shape index (κ1) is 15.9. The van der Waals surface area contributed by atoms with Crippen molar-refractivity contribution in [2.45, 2.75) is 35.2 Å². The van der Waals surface area contributed by atoms with Crippen molar-refractivity contribution in [3.63, 3.8) is 0 Å². The zero-order valence-electron chi connectivity index (χ0n) is 13.1. The Balaban J connectivity index is 1.58. The maximum absolute atomic E-state index is 12.9. The lowest BCUT2D eigenvalue weighted by Gasteiger charge is -2.16. The normalized spacial score (nSPS) is 14.8. The lowest BCUT2D eigenvalue weighted by molar-refractivity contribution is 0.487. The molecule has 2 N–H and O–H groups in total. The van der Waals surface area contributed by atoms with Gasteiger partial charge in [-0.25, -0.2) is 9.38 Å². The van der Waals surface area contributed by atoms with Crippen molar-refractivity contribution in [3.8, 4) is 0 Å². The van der Waals surface area contributed by atoms with Gasteiger partial charge in [-0.3, -0.25) is 0 Å². The Labute approximate surface area is 140 Å². The molecule has 1 aliphatic rings. The van der Waals surface area contributed by atoms with Crippen LogP contribution in [0.5, 0.6) is 0 Å². The third-order valence-corrected chi connectivity index (χ3v) is 4.87. The summed E-state index contributed by atoms with van der Waals surface area (Å²) in [5.74, 6) is 0.397. The van der Waals surface area contributed by atoms with Crippen LogP contribution in [-0.2, 0) is 6.54 Å². The molecule has 0 heterocycles. The van der Waals surface area contributed by atoms with Crippen LogP contribution in [0, 0.1) is 5.82 Å². The first-order valence-electron chi connectivity index (χ1n) is 7.67. The Morgan fingerprint density at radius 1 is 1.13 bits per heavy atom. The maximum atomic E-state index is 12.9. The van der Waals surface area contributed by atoms with Gasteiger partial charge in [-0.15, -0.1) is 0 Å². The number of hydrogen-bond donors (Lipinski definition) is 1. The van der Waals surface area contributed by atoms with E-state index in [9.17, 15) is 4.39 Å². The molecule has 1 saturated carbocycles. The fourth-order valence-electron chi connectivity index (χ4n) is 2.23. The molecule has 0 radical (unpaired) electrons. The maximum Gasteiger partial charge on any atom is 0.191 e. The van der Waals surface area contributed by atoms with Gasteiger partial charge in [0.25, 0.3) is 0 Å². The standard InChI is InChI=1S/C18H20FN3S/c1-22(15-6-7-15)18(20)21-12-13-2-8-16(9-3-13)23-17-10-4-14(19)5-11-17/h2-5,8-11,15H,6-7,12H2,1H3,(H2,20,21). The van der Waals surface area contributed by atoms with Crippen LogP contribution in [0.1, 0.15) is 18.4 Å². The summed E-state index contributed by atoms with van der Waals surface area (Å²) in [6.45, 7) is 0.588. The molecule has 2 aromatic carbocycles. The van der Waals surface area contributed by atoms with Crippen LogP contribution in [0.25, 0.3) is 0 Å². The SMILES string of the molecule is CN(C(N)=NCc1ccc(Sc2ccc(F)cc2)cc1)C1CC1. The first-order chi connectivity index (χ1) is 11.1. The van der Waals surface area contributed by atoms with Gasteiger partial charge in [0.1, 0.15) is 5.82 Å². The molecule has 3 rings (SSSR count). The Hall–Kier alpha value is -2.01. The summed E-state index contributed by atoms with van der Waals surface area (Å²) < 4.78 is 12.9. The Morgan fingerprint density at radius 2 is 1.70 bits per heavy atom. The van der Waals surface area contributed by atoms with Crippen molar-refractivity contribution in [1.82, 2.24) is 4.90 Å². The van der Waals surface area contributed by atoms with E-state index in [0.717, 1.165) is 15.4 Å². The zero-order chi connectivity index (χ0) is 16.2. The molecular formula is C18H20FN3S. The number of halogens is 1. The van der Waals surface area contributed by atoms with E-state index >= 15 is 0 Å². The molecule has 2 aromatic rings. The van der Waals surface area contributed by atoms with Gasteiger partial charge >= 0.3 is 0 Å². The predicted molar refractivity (Wildman–Crippen MR) is 93.1 cm³/mol. The summed E-state index contributed by atoms with van der Waals surface area (Å²) in [6, 6.07) is 15.3. The van der Waals surface area contributed by atoms with Crippen LogP contribution >= 0.6 is 11.8 Å². The molecule has 1 aliphatic carbocycles. The largest absolute Gasteiger partial charge is 0.370 e. The summed E-state index contributed by atoms with van der Waals surface area (Å²) in [5.41, 5.74) is 7.12. The van der Waals surface area contributed by atoms with E-state index in [1.165, 1.54) is 25.0 Å². The van der Waals surface area contributed by atoms with E-state index < -0.39 is 0 Å². The zero-order valence-corrected chi connectivity index (χ0v) is 13.9. The van der Waals surface area contributed by atoms with Crippen molar-refractivity contribution < 1.29 is 4.39 Å². The third-order valence-electron chi connectivity index (χ3n) is 3.85. The Bertz CT molecular complexity index is 678. The molecule has 0 spiro atoms. The van der Waals surface area contributed by atoms with E-state index in [1.807, 2.05) is 7.05 Å². The highest BCUT2D eigenvalue weighted by Crippen LogP contribution is 2.28. The topological polar surface area (TPSA) is 41.6 Å². The molecule has 1 fully saturated rings. The highest BCUT2D eigenvalue weighted by atomic mass is 32.2. The van der Waals surface area contributed by atoms with E-state index in [-0.39, 0.29) is 5.82 Å². The second-order valence-electron chi connectivity index (χ2n) is 5.72. The lowest BCUT2D eigenvalue weighted by Crippen LogP contribution is -2.35. The molecule has 0 unspecified atom stereocenters. The van der Waals surface area contributed by atoms with Gasteiger partial charge in [-0.2, -0.15) is 0 Å².